The van der Waals surface area contributed by atoms with E-state index in [4.69, 9.17) is 10.3 Å². The maximum Gasteiger partial charge on any atom is 0.257 e. The topological polar surface area (TPSA) is 77.8 Å². The molecule has 5 nitrogen and oxygen atoms in total. The van der Waals surface area contributed by atoms with Crippen molar-refractivity contribution in [1.82, 2.24) is 15.1 Å². The number of hydrogen-bond acceptors (Lipinski definition) is 6. The number of thioether (sulfide) groups is 1. The second-order valence-electron chi connectivity index (χ2n) is 4.60. The quantitative estimate of drug-likeness (QED) is 0.744. The van der Waals surface area contributed by atoms with Gasteiger partial charge in [0.15, 0.2) is 5.82 Å². The first-order chi connectivity index (χ1) is 10.2. The molecule has 0 aliphatic carbocycles. The standard InChI is InChI=1S/C15H14N4OS/c1-10-2-4-11(5-3-10)15-18-13(19-20-15)9-21-14-7-6-12(16)8-17-14/h2-8H,9,16H2,1H3. The van der Waals surface area contributed by atoms with E-state index in [1.165, 1.54) is 5.56 Å². The number of nitrogens with zero attached hydrogens (tertiary/aromatic N) is 3. The Labute approximate surface area is 126 Å². The van der Waals surface area contributed by atoms with Crippen molar-refractivity contribution in [2.24, 2.45) is 0 Å². The van der Waals surface area contributed by atoms with Gasteiger partial charge in [-0.15, -0.1) is 0 Å². The summed E-state index contributed by atoms with van der Waals surface area (Å²) in [6, 6.07) is 11.7. The molecule has 0 fully saturated rings. The smallest absolute Gasteiger partial charge is 0.257 e. The molecule has 0 aliphatic heterocycles. The fourth-order valence-electron chi connectivity index (χ4n) is 1.74. The summed E-state index contributed by atoms with van der Waals surface area (Å²) in [6.07, 6.45) is 1.64. The Morgan fingerprint density at radius 2 is 1.95 bits per heavy atom. The molecule has 2 aromatic heterocycles. The molecule has 6 heteroatoms. The minimum Gasteiger partial charge on any atom is -0.397 e. The molecule has 2 N–H and O–H groups in total. The van der Waals surface area contributed by atoms with Gasteiger partial charge < -0.3 is 10.3 Å². The molecule has 0 saturated carbocycles. The molecular formula is C15H14N4OS. The average molecular weight is 298 g/mol. The normalized spacial score (nSPS) is 10.7. The number of benzene rings is 1. The molecule has 21 heavy (non-hydrogen) atoms. The molecular weight excluding hydrogens is 284 g/mol. The Hall–Kier alpha value is -2.34. The lowest BCUT2D eigenvalue weighted by Crippen LogP contribution is -1.88. The van der Waals surface area contributed by atoms with Crippen molar-refractivity contribution in [1.29, 1.82) is 0 Å². The summed E-state index contributed by atoms with van der Waals surface area (Å²) in [7, 11) is 0. The molecule has 106 valence electrons. The van der Waals surface area contributed by atoms with Crippen molar-refractivity contribution in [2.45, 2.75) is 17.7 Å². The summed E-state index contributed by atoms with van der Waals surface area (Å²) in [5.41, 5.74) is 8.38. The van der Waals surface area contributed by atoms with E-state index in [1.807, 2.05) is 43.3 Å². The number of anilines is 1. The monoisotopic (exact) mass is 298 g/mol. The lowest BCUT2D eigenvalue weighted by atomic mass is 10.1. The van der Waals surface area contributed by atoms with E-state index in [1.54, 1.807) is 18.0 Å². The number of nitrogens with two attached hydrogens (primary N) is 1. The van der Waals surface area contributed by atoms with Crippen molar-refractivity contribution in [3.63, 3.8) is 0 Å². The fourth-order valence-corrected chi connectivity index (χ4v) is 2.43. The highest BCUT2D eigenvalue weighted by atomic mass is 32.2. The molecule has 0 saturated heterocycles. The Morgan fingerprint density at radius 3 is 2.67 bits per heavy atom. The summed E-state index contributed by atoms with van der Waals surface area (Å²) in [5.74, 6) is 1.79. The van der Waals surface area contributed by atoms with Crippen LogP contribution in [0.2, 0.25) is 0 Å². The zero-order chi connectivity index (χ0) is 14.7. The van der Waals surface area contributed by atoms with Gasteiger partial charge >= 0.3 is 0 Å². The molecule has 0 unspecified atom stereocenters. The van der Waals surface area contributed by atoms with Crippen LogP contribution >= 0.6 is 11.8 Å². The third-order valence-corrected chi connectivity index (χ3v) is 3.81. The van der Waals surface area contributed by atoms with Crippen LogP contribution in [-0.4, -0.2) is 15.1 Å². The summed E-state index contributed by atoms with van der Waals surface area (Å²) >= 11 is 1.54. The van der Waals surface area contributed by atoms with E-state index < -0.39 is 0 Å². The Balaban J connectivity index is 1.67. The van der Waals surface area contributed by atoms with Crippen LogP contribution in [0.25, 0.3) is 11.5 Å². The van der Waals surface area contributed by atoms with Gasteiger partial charge in [-0.1, -0.05) is 34.6 Å². The van der Waals surface area contributed by atoms with Crippen molar-refractivity contribution in [2.75, 3.05) is 5.73 Å². The number of rotatable bonds is 4. The van der Waals surface area contributed by atoms with Crippen LogP contribution in [0.15, 0.2) is 52.1 Å². The van der Waals surface area contributed by atoms with Gasteiger partial charge in [-0.2, -0.15) is 4.98 Å². The number of hydrogen-bond donors (Lipinski definition) is 1. The van der Waals surface area contributed by atoms with Gasteiger partial charge in [0.2, 0.25) is 0 Å². The van der Waals surface area contributed by atoms with E-state index in [2.05, 4.69) is 15.1 Å². The number of nitrogen functional groups attached to an aromatic ring is 1. The van der Waals surface area contributed by atoms with Crippen LogP contribution in [0.3, 0.4) is 0 Å². The van der Waals surface area contributed by atoms with Crippen LogP contribution in [0.5, 0.6) is 0 Å². The van der Waals surface area contributed by atoms with Gasteiger partial charge in [-0.3, -0.25) is 0 Å². The Bertz CT molecular complexity index is 722. The van der Waals surface area contributed by atoms with E-state index >= 15 is 0 Å². The average Bonchev–Trinajstić information content (AvgIpc) is 2.96. The van der Waals surface area contributed by atoms with Gasteiger partial charge in [-0.05, 0) is 31.2 Å². The minimum atomic E-state index is 0.538. The zero-order valence-electron chi connectivity index (χ0n) is 11.5. The SMILES string of the molecule is Cc1ccc(-c2nc(CSc3ccc(N)cn3)no2)cc1. The van der Waals surface area contributed by atoms with Crippen LogP contribution < -0.4 is 5.73 Å². The number of pyridine rings is 1. The summed E-state index contributed by atoms with van der Waals surface area (Å²) in [5, 5.41) is 4.87. The highest BCUT2D eigenvalue weighted by Crippen LogP contribution is 2.22. The molecule has 3 rings (SSSR count). The predicted octanol–water partition coefficient (Wildman–Crippen LogP) is 3.31. The first-order valence-corrected chi connectivity index (χ1v) is 7.43. The first kappa shape index (κ1) is 13.6. The molecule has 0 radical (unpaired) electrons. The largest absolute Gasteiger partial charge is 0.397 e. The van der Waals surface area contributed by atoms with Crippen molar-refractivity contribution < 1.29 is 4.52 Å². The van der Waals surface area contributed by atoms with Gasteiger partial charge in [0.25, 0.3) is 5.89 Å². The van der Waals surface area contributed by atoms with Gasteiger partial charge in [-0.25, -0.2) is 4.98 Å². The van der Waals surface area contributed by atoms with E-state index in [-0.39, 0.29) is 0 Å². The summed E-state index contributed by atoms with van der Waals surface area (Å²) in [4.78, 5) is 8.61. The van der Waals surface area contributed by atoms with E-state index in [0.717, 1.165) is 10.6 Å². The van der Waals surface area contributed by atoms with E-state index in [9.17, 15) is 0 Å². The van der Waals surface area contributed by atoms with Gasteiger partial charge in [0, 0.05) is 5.56 Å². The Kier molecular flexibility index (Phi) is 3.87. The highest BCUT2D eigenvalue weighted by molar-refractivity contribution is 7.98. The molecule has 0 amide bonds. The van der Waals surface area contributed by atoms with Crippen LogP contribution in [-0.2, 0) is 5.75 Å². The molecule has 3 aromatic rings. The molecule has 2 heterocycles. The molecule has 0 aliphatic rings. The Morgan fingerprint density at radius 1 is 1.14 bits per heavy atom. The lowest BCUT2D eigenvalue weighted by Gasteiger charge is -1.97. The lowest BCUT2D eigenvalue weighted by molar-refractivity contribution is 0.425. The van der Waals surface area contributed by atoms with E-state index in [0.29, 0.717) is 23.2 Å². The van der Waals surface area contributed by atoms with Gasteiger partial charge in [0.05, 0.1) is 22.7 Å². The summed E-state index contributed by atoms with van der Waals surface area (Å²) < 4.78 is 5.28. The predicted molar refractivity (Wildman–Crippen MR) is 82.7 cm³/mol. The maximum atomic E-state index is 5.60. The summed E-state index contributed by atoms with van der Waals surface area (Å²) in [6.45, 7) is 2.04. The number of aryl methyl sites for hydroxylation is 1. The molecule has 0 spiro atoms. The zero-order valence-corrected chi connectivity index (χ0v) is 12.3. The minimum absolute atomic E-state index is 0.538. The van der Waals surface area contributed by atoms with Crippen molar-refractivity contribution in [3.8, 4) is 11.5 Å². The number of aromatic nitrogens is 3. The van der Waals surface area contributed by atoms with Crippen molar-refractivity contribution in [3.05, 3.63) is 54.0 Å². The van der Waals surface area contributed by atoms with Crippen LogP contribution in [0.1, 0.15) is 11.4 Å². The molecule has 1 aromatic carbocycles. The first-order valence-electron chi connectivity index (χ1n) is 6.45. The molecule has 0 atom stereocenters. The van der Waals surface area contributed by atoms with Crippen LogP contribution in [0, 0.1) is 6.92 Å². The van der Waals surface area contributed by atoms with Crippen LogP contribution in [0.4, 0.5) is 5.69 Å². The van der Waals surface area contributed by atoms with Gasteiger partial charge in [0.1, 0.15) is 0 Å². The second-order valence-corrected chi connectivity index (χ2v) is 5.60. The van der Waals surface area contributed by atoms with Crippen molar-refractivity contribution >= 4 is 17.4 Å². The second kappa shape index (κ2) is 5.97. The molecule has 0 bridgehead atoms. The highest BCUT2D eigenvalue weighted by Gasteiger charge is 2.09. The maximum absolute atomic E-state index is 5.60. The third kappa shape index (κ3) is 3.41. The third-order valence-electron chi connectivity index (χ3n) is 2.87. The fraction of sp³-hybridized carbons (Fsp3) is 0.133.